The summed E-state index contributed by atoms with van der Waals surface area (Å²) < 4.78 is 5.45. The summed E-state index contributed by atoms with van der Waals surface area (Å²) in [5.41, 5.74) is 3.36. The van der Waals surface area contributed by atoms with Crippen molar-refractivity contribution in [1.29, 1.82) is 0 Å². The second-order valence-corrected chi connectivity index (χ2v) is 7.30. The van der Waals surface area contributed by atoms with Crippen LogP contribution in [-0.4, -0.2) is 12.2 Å². The van der Waals surface area contributed by atoms with Crippen LogP contribution in [0.1, 0.15) is 44.9 Å². The van der Waals surface area contributed by atoms with Crippen molar-refractivity contribution >= 4 is 23.0 Å². The van der Waals surface area contributed by atoms with E-state index in [-0.39, 0.29) is 11.5 Å². The summed E-state index contributed by atoms with van der Waals surface area (Å²) in [7, 11) is 1.67. The van der Waals surface area contributed by atoms with Gasteiger partial charge in [0, 0.05) is 0 Å². The van der Waals surface area contributed by atoms with Crippen molar-refractivity contribution in [2.24, 2.45) is 0 Å². The number of hydrogen-bond donors (Lipinski definition) is 2. The lowest BCUT2D eigenvalue weighted by atomic mass is 9.87. The number of ether oxygens (including phenoxy) is 1. The lowest BCUT2D eigenvalue weighted by molar-refractivity contribution is 0.416. The van der Waals surface area contributed by atoms with Gasteiger partial charge in [-0.1, -0.05) is 57.2 Å². The summed E-state index contributed by atoms with van der Waals surface area (Å²) in [5, 5.41) is 7.17. The van der Waals surface area contributed by atoms with Gasteiger partial charge in [0.25, 0.3) is 0 Å². The van der Waals surface area contributed by atoms with E-state index in [1.54, 1.807) is 7.11 Å². The molecule has 24 heavy (non-hydrogen) atoms. The zero-order valence-corrected chi connectivity index (χ0v) is 15.8. The van der Waals surface area contributed by atoms with Crippen LogP contribution in [0.4, 0.5) is 5.69 Å². The van der Waals surface area contributed by atoms with E-state index >= 15 is 0 Å². The molecule has 0 amide bonds. The highest BCUT2D eigenvalue weighted by Crippen LogP contribution is 2.31. The third-order valence-electron chi connectivity index (χ3n) is 3.96. The minimum absolute atomic E-state index is 0.0646. The molecule has 0 radical (unpaired) electrons. The number of anilines is 1. The van der Waals surface area contributed by atoms with E-state index in [1.165, 1.54) is 11.1 Å². The highest BCUT2D eigenvalue weighted by Gasteiger charge is 2.16. The molecular weight excluding hydrogens is 316 g/mol. The van der Waals surface area contributed by atoms with Crippen molar-refractivity contribution < 1.29 is 4.74 Å². The van der Waals surface area contributed by atoms with Crippen LogP contribution in [0.3, 0.4) is 0 Å². The van der Waals surface area contributed by atoms with Crippen LogP contribution in [-0.2, 0) is 5.41 Å². The monoisotopic (exact) mass is 342 g/mol. The molecule has 0 aliphatic rings. The first kappa shape index (κ1) is 18.3. The van der Waals surface area contributed by atoms with Crippen LogP contribution in [0, 0.1) is 0 Å². The SMILES string of the molecule is COc1ccc(C(C)(C)C)cc1NC(=S)NC(C)c1ccccc1. The minimum Gasteiger partial charge on any atom is -0.495 e. The Hall–Kier alpha value is -2.07. The summed E-state index contributed by atoms with van der Waals surface area (Å²) >= 11 is 5.48. The summed E-state index contributed by atoms with van der Waals surface area (Å²) in [6.07, 6.45) is 0. The Bertz CT molecular complexity index is 693. The van der Waals surface area contributed by atoms with E-state index < -0.39 is 0 Å². The molecule has 0 aromatic heterocycles. The maximum Gasteiger partial charge on any atom is 0.171 e. The largest absolute Gasteiger partial charge is 0.495 e. The number of benzene rings is 2. The van der Waals surface area contributed by atoms with Gasteiger partial charge in [-0.2, -0.15) is 0 Å². The van der Waals surface area contributed by atoms with Crippen LogP contribution >= 0.6 is 12.2 Å². The average Bonchev–Trinajstić information content (AvgIpc) is 2.54. The van der Waals surface area contributed by atoms with Crippen molar-refractivity contribution in [2.45, 2.75) is 39.2 Å². The van der Waals surface area contributed by atoms with E-state index in [4.69, 9.17) is 17.0 Å². The first-order valence-electron chi connectivity index (χ1n) is 8.12. The van der Waals surface area contributed by atoms with Crippen LogP contribution in [0.2, 0.25) is 0 Å². The Labute approximate surface area is 150 Å². The molecule has 0 heterocycles. The lowest BCUT2D eigenvalue weighted by Crippen LogP contribution is -2.31. The molecule has 1 atom stereocenters. The normalized spacial score (nSPS) is 12.4. The van der Waals surface area contributed by atoms with E-state index in [2.05, 4.69) is 62.6 Å². The molecule has 2 aromatic rings. The lowest BCUT2D eigenvalue weighted by Gasteiger charge is -2.22. The molecule has 2 N–H and O–H groups in total. The molecule has 1 unspecified atom stereocenters. The molecule has 0 aliphatic carbocycles. The molecule has 0 fully saturated rings. The highest BCUT2D eigenvalue weighted by atomic mass is 32.1. The van der Waals surface area contributed by atoms with Gasteiger partial charge in [-0.05, 0) is 47.8 Å². The van der Waals surface area contributed by atoms with Gasteiger partial charge in [0.15, 0.2) is 5.11 Å². The zero-order chi connectivity index (χ0) is 17.7. The second-order valence-electron chi connectivity index (χ2n) is 6.90. The predicted octanol–water partition coefficient (Wildman–Crippen LogP) is 5.04. The molecule has 4 heteroatoms. The van der Waals surface area contributed by atoms with Gasteiger partial charge < -0.3 is 15.4 Å². The van der Waals surface area contributed by atoms with Crippen molar-refractivity contribution in [3.63, 3.8) is 0 Å². The Balaban J connectivity index is 2.13. The molecule has 2 aromatic carbocycles. The third-order valence-corrected chi connectivity index (χ3v) is 4.18. The van der Waals surface area contributed by atoms with Crippen LogP contribution < -0.4 is 15.4 Å². The molecule has 128 valence electrons. The predicted molar refractivity (Wildman–Crippen MR) is 106 cm³/mol. The van der Waals surface area contributed by atoms with Gasteiger partial charge in [0.2, 0.25) is 0 Å². The zero-order valence-electron chi connectivity index (χ0n) is 15.0. The smallest absolute Gasteiger partial charge is 0.171 e. The van der Waals surface area contributed by atoms with E-state index in [9.17, 15) is 0 Å². The molecule has 0 bridgehead atoms. The Morgan fingerprint density at radius 3 is 2.33 bits per heavy atom. The molecule has 0 saturated carbocycles. The Kier molecular flexibility index (Phi) is 5.84. The van der Waals surface area contributed by atoms with Gasteiger partial charge in [-0.25, -0.2) is 0 Å². The summed E-state index contributed by atoms with van der Waals surface area (Å²) in [4.78, 5) is 0. The van der Waals surface area contributed by atoms with Gasteiger partial charge >= 0.3 is 0 Å². The average molecular weight is 343 g/mol. The van der Waals surface area contributed by atoms with Gasteiger partial charge in [-0.3, -0.25) is 0 Å². The first-order valence-corrected chi connectivity index (χ1v) is 8.53. The summed E-state index contributed by atoms with van der Waals surface area (Å²) in [6, 6.07) is 16.5. The maximum absolute atomic E-state index is 5.48. The topological polar surface area (TPSA) is 33.3 Å². The number of nitrogens with one attached hydrogen (secondary N) is 2. The molecule has 0 saturated heterocycles. The van der Waals surface area contributed by atoms with Crippen molar-refractivity contribution in [1.82, 2.24) is 5.32 Å². The van der Waals surface area contributed by atoms with E-state index in [0.29, 0.717) is 5.11 Å². The van der Waals surface area contributed by atoms with E-state index in [1.807, 2.05) is 24.3 Å². The fourth-order valence-electron chi connectivity index (χ4n) is 2.45. The molecule has 3 nitrogen and oxygen atoms in total. The maximum atomic E-state index is 5.48. The van der Waals surface area contributed by atoms with Crippen LogP contribution in [0.15, 0.2) is 48.5 Å². The minimum atomic E-state index is 0.0646. The standard InChI is InChI=1S/C20H26N2OS/c1-14(15-9-7-6-8-10-15)21-19(24)22-17-13-16(20(2,3)4)11-12-18(17)23-5/h6-14H,1-5H3,(H2,21,22,24). The van der Waals surface area contributed by atoms with Gasteiger partial charge in [-0.15, -0.1) is 0 Å². The van der Waals surface area contributed by atoms with E-state index in [0.717, 1.165) is 11.4 Å². The second kappa shape index (κ2) is 7.67. The first-order chi connectivity index (χ1) is 11.3. The molecule has 2 rings (SSSR count). The Morgan fingerprint density at radius 1 is 1.08 bits per heavy atom. The quantitative estimate of drug-likeness (QED) is 0.763. The Morgan fingerprint density at radius 2 is 1.75 bits per heavy atom. The number of thiocarbonyl (C=S) groups is 1. The number of hydrogen-bond acceptors (Lipinski definition) is 2. The van der Waals surface area contributed by atoms with Crippen LogP contribution in [0.5, 0.6) is 5.75 Å². The fraction of sp³-hybridized carbons (Fsp3) is 0.350. The van der Waals surface area contributed by atoms with Crippen molar-refractivity contribution in [3.05, 3.63) is 59.7 Å². The molecular formula is C20H26N2OS. The summed E-state index contributed by atoms with van der Waals surface area (Å²) in [5.74, 6) is 0.777. The number of rotatable bonds is 4. The van der Waals surface area contributed by atoms with Crippen LogP contribution in [0.25, 0.3) is 0 Å². The van der Waals surface area contributed by atoms with Gasteiger partial charge in [0.05, 0.1) is 18.8 Å². The van der Waals surface area contributed by atoms with Crippen molar-refractivity contribution in [2.75, 3.05) is 12.4 Å². The fourth-order valence-corrected chi connectivity index (χ4v) is 2.74. The van der Waals surface area contributed by atoms with Gasteiger partial charge in [0.1, 0.15) is 5.75 Å². The highest BCUT2D eigenvalue weighted by molar-refractivity contribution is 7.80. The third kappa shape index (κ3) is 4.71. The summed E-state index contributed by atoms with van der Waals surface area (Å²) in [6.45, 7) is 8.65. The number of methoxy groups -OCH3 is 1. The molecule has 0 spiro atoms. The van der Waals surface area contributed by atoms with Crippen molar-refractivity contribution in [3.8, 4) is 5.75 Å². The molecule has 0 aliphatic heterocycles.